The van der Waals surface area contributed by atoms with Crippen LogP contribution in [0.2, 0.25) is 0 Å². The van der Waals surface area contributed by atoms with Crippen LogP contribution in [-0.2, 0) is 16.3 Å². The van der Waals surface area contributed by atoms with Crippen molar-refractivity contribution in [2.75, 3.05) is 6.61 Å². The van der Waals surface area contributed by atoms with E-state index >= 15 is 0 Å². The maximum atomic E-state index is 10.7. The second-order valence-electron chi connectivity index (χ2n) is 4.53. The van der Waals surface area contributed by atoms with E-state index in [0.717, 1.165) is 6.42 Å². The second kappa shape index (κ2) is 8.06. The van der Waals surface area contributed by atoms with E-state index in [2.05, 4.69) is 0 Å². The molecule has 0 N–H and O–H groups in total. The SMILES string of the molecule is CCCOP(=S)(Oc1ccccc1)Oc1ccc([N+](=O)[O-])cc1. The largest absolute Gasteiger partial charge is 0.434 e. The molecule has 0 aliphatic rings. The van der Waals surface area contributed by atoms with Gasteiger partial charge in [0.2, 0.25) is 0 Å². The number of benzene rings is 2. The van der Waals surface area contributed by atoms with Crippen molar-refractivity contribution in [2.45, 2.75) is 13.3 Å². The first-order valence-corrected chi connectivity index (χ1v) is 9.51. The minimum Gasteiger partial charge on any atom is -0.416 e. The zero-order valence-electron chi connectivity index (χ0n) is 12.5. The number of hydrogen-bond donors (Lipinski definition) is 0. The van der Waals surface area contributed by atoms with Gasteiger partial charge in [0, 0.05) is 23.9 Å². The normalized spacial score (nSPS) is 13.1. The highest BCUT2D eigenvalue weighted by Crippen LogP contribution is 2.50. The van der Waals surface area contributed by atoms with Crippen molar-refractivity contribution >= 4 is 24.2 Å². The summed E-state index contributed by atoms with van der Waals surface area (Å²) in [6, 6.07) is 14.7. The number of nitro benzene ring substituents is 1. The Kier molecular flexibility index (Phi) is 6.10. The number of para-hydroxylation sites is 1. The summed E-state index contributed by atoms with van der Waals surface area (Å²) in [5.74, 6) is 0.916. The molecule has 8 heteroatoms. The molecule has 6 nitrogen and oxygen atoms in total. The number of rotatable bonds is 8. The highest BCUT2D eigenvalue weighted by Gasteiger charge is 2.24. The van der Waals surface area contributed by atoms with Crippen LogP contribution < -0.4 is 9.05 Å². The van der Waals surface area contributed by atoms with Gasteiger partial charge in [0.1, 0.15) is 11.5 Å². The third-order valence-corrected chi connectivity index (χ3v) is 4.81. The third kappa shape index (κ3) is 5.32. The predicted octanol–water partition coefficient (Wildman–Crippen LogP) is 4.70. The van der Waals surface area contributed by atoms with E-state index in [1.807, 2.05) is 25.1 Å². The molecule has 1 atom stereocenters. The molecule has 0 fully saturated rings. The maximum Gasteiger partial charge on any atom is 0.434 e. The standard InChI is InChI=1S/C15H16NO5PS/c1-2-12-19-22(23,20-14-6-4-3-5-7-14)21-15-10-8-13(9-11-15)16(17)18/h3-11H,2,12H2,1H3. The van der Waals surface area contributed by atoms with Gasteiger partial charge in [-0.05, 0) is 30.7 Å². The molecule has 23 heavy (non-hydrogen) atoms. The highest BCUT2D eigenvalue weighted by atomic mass is 32.5. The van der Waals surface area contributed by atoms with Gasteiger partial charge in [0.05, 0.1) is 11.5 Å². The number of hydrogen-bond acceptors (Lipinski definition) is 6. The van der Waals surface area contributed by atoms with Crippen molar-refractivity contribution in [1.82, 2.24) is 0 Å². The molecule has 0 aliphatic heterocycles. The van der Waals surface area contributed by atoms with Gasteiger partial charge in [-0.1, -0.05) is 25.1 Å². The lowest BCUT2D eigenvalue weighted by Gasteiger charge is -2.22. The van der Waals surface area contributed by atoms with Gasteiger partial charge >= 0.3 is 6.72 Å². The fraction of sp³-hybridized carbons (Fsp3) is 0.200. The summed E-state index contributed by atoms with van der Waals surface area (Å²) >= 11 is 5.43. The molecule has 0 saturated carbocycles. The lowest BCUT2D eigenvalue weighted by atomic mass is 10.3. The van der Waals surface area contributed by atoms with E-state index < -0.39 is 11.6 Å². The molecule has 0 aliphatic carbocycles. The molecular weight excluding hydrogens is 337 g/mol. The zero-order valence-corrected chi connectivity index (χ0v) is 14.2. The quantitative estimate of drug-likeness (QED) is 0.389. The van der Waals surface area contributed by atoms with Gasteiger partial charge in [-0.3, -0.25) is 14.6 Å². The minimum atomic E-state index is -3.06. The van der Waals surface area contributed by atoms with E-state index in [4.69, 9.17) is 25.4 Å². The van der Waals surface area contributed by atoms with Crippen molar-refractivity contribution in [3.05, 3.63) is 64.7 Å². The maximum absolute atomic E-state index is 10.7. The van der Waals surface area contributed by atoms with E-state index in [1.165, 1.54) is 24.3 Å². The Morgan fingerprint density at radius 2 is 1.61 bits per heavy atom. The predicted molar refractivity (Wildman–Crippen MR) is 91.3 cm³/mol. The minimum absolute atomic E-state index is 0.0240. The second-order valence-corrected chi connectivity index (χ2v) is 7.39. The number of nitro groups is 1. The molecule has 0 heterocycles. The Labute approximate surface area is 139 Å². The summed E-state index contributed by atoms with van der Waals surface area (Å²) in [5.41, 5.74) is -0.0240. The van der Waals surface area contributed by atoms with Crippen molar-refractivity contribution in [1.29, 1.82) is 0 Å². The zero-order chi connectivity index (χ0) is 16.7. The molecule has 2 aromatic carbocycles. The van der Waals surface area contributed by atoms with Gasteiger partial charge in [-0.2, -0.15) is 0 Å². The lowest BCUT2D eigenvalue weighted by Crippen LogP contribution is -2.05. The van der Waals surface area contributed by atoms with Crippen LogP contribution in [0.1, 0.15) is 13.3 Å². The van der Waals surface area contributed by atoms with Crippen LogP contribution in [0.4, 0.5) is 5.69 Å². The first kappa shape index (κ1) is 17.4. The molecule has 0 amide bonds. The summed E-state index contributed by atoms with van der Waals surface area (Å²) in [4.78, 5) is 10.2. The van der Waals surface area contributed by atoms with Crippen molar-refractivity contribution in [3.63, 3.8) is 0 Å². The lowest BCUT2D eigenvalue weighted by molar-refractivity contribution is -0.384. The van der Waals surface area contributed by atoms with Gasteiger partial charge in [-0.25, -0.2) is 0 Å². The fourth-order valence-corrected chi connectivity index (χ4v) is 3.69. The Balaban J connectivity index is 2.17. The monoisotopic (exact) mass is 353 g/mol. The molecule has 122 valence electrons. The topological polar surface area (TPSA) is 70.8 Å². The van der Waals surface area contributed by atoms with Gasteiger partial charge in [0.15, 0.2) is 0 Å². The average molecular weight is 353 g/mol. The van der Waals surface area contributed by atoms with Crippen LogP contribution in [-0.4, -0.2) is 11.5 Å². The van der Waals surface area contributed by atoms with Crippen molar-refractivity contribution in [3.8, 4) is 11.5 Å². The van der Waals surface area contributed by atoms with Crippen LogP contribution in [0.25, 0.3) is 0 Å². The highest BCUT2D eigenvalue weighted by molar-refractivity contribution is 8.07. The summed E-state index contributed by atoms with van der Waals surface area (Å²) < 4.78 is 17.0. The fourth-order valence-electron chi connectivity index (χ4n) is 1.64. The summed E-state index contributed by atoms with van der Waals surface area (Å²) in [6.45, 7) is -0.703. The number of non-ortho nitro benzene ring substituents is 1. The molecule has 2 aromatic rings. The first-order chi connectivity index (χ1) is 11.0. The average Bonchev–Trinajstić information content (AvgIpc) is 2.54. The van der Waals surface area contributed by atoms with Crippen LogP contribution in [0.5, 0.6) is 11.5 Å². The van der Waals surface area contributed by atoms with Gasteiger partial charge in [0.25, 0.3) is 5.69 Å². The van der Waals surface area contributed by atoms with E-state index in [9.17, 15) is 10.1 Å². The smallest absolute Gasteiger partial charge is 0.416 e. The molecule has 0 saturated heterocycles. The Morgan fingerprint density at radius 3 is 2.13 bits per heavy atom. The summed E-state index contributed by atoms with van der Waals surface area (Å²) in [6.07, 6.45) is 0.764. The van der Waals surface area contributed by atoms with Crippen LogP contribution in [0.15, 0.2) is 54.6 Å². The summed E-state index contributed by atoms with van der Waals surface area (Å²) in [7, 11) is 0. The number of nitrogens with zero attached hydrogens (tertiary/aromatic N) is 1. The van der Waals surface area contributed by atoms with Crippen LogP contribution in [0, 0.1) is 10.1 Å². The Bertz CT molecular complexity index is 693. The Hall–Kier alpha value is -1.95. The van der Waals surface area contributed by atoms with E-state index in [1.54, 1.807) is 12.1 Å². The molecule has 0 aromatic heterocycles. The van der Waals surface area contributed by atoms with Crippen molar-refractivity contribution in [2.24, 2.45) is 0 Å². The van der Waals surface area contributed by atoms with Crippen LogP contribution >= 0.6 is 6.72 Å². The van der Waals surface area contributed by atoms with Gasteiger partial charge in [-0.15, -0.1) is 0 Å². The molecule has 1 unspecified atom stereocenters. The van der Waals surface area contributed by atoms with Crippen LogP contribution in [0.3, 0.4) is 0 Å². The molecule has 0 bridgehead atoms. The van der Waals surface area contributed by atoms with Crippen molar-refractivity contribution < 1.29 is 18.5 Å². The first-order valence-electron chi connectivity index (χ1n) is 6.96. The molecular formula is C15H16NO5PS. The van der Waals surface area contributed by atoms with E-state index in [-0.39, 0.29) is 5.69 Å². The Morgan fingerprint density at radius 1 is 1.04 bits per heavy atom. The summed E-state index contributed by atoms with van der Waals surface area (Å²) in [5, 5.41) is 10.7. The third-order valence-electron chi connectivity index (χ3n) is 2.68. The molecule has 0 spiro atoms. The molecule has 2 rings (SSSR count). The molecule has 0 radical (unpaired) electrons. The van der Waals surface area contributed by atoms with Gasteiger partial charge < -0.3 is 9.05 Å². The van der Waals surface area contributed by atoms with E-state index in [0.29, 0.717) is 18.1 Å².